The number of amides is 1. The molecule has 0 fully saturated rings. The molecule has 2 heterocycles. The Bertz CT molecular complexity index is 1280. The topological polar surface area (TPSA) is 97.0 Å². The van der Waals surface area contributed by atoms with Crippen molar-refractivity contribution in [2.45, 2.75) is 0 Å². The van der Waals surface area contributed by atoms with E-state index in [0.29, 0.717) is 28.4 Å². The number of ketones is 1. The number of nitrogens with zero attached hydrogens (tertiary/aromatic N) is 2. The number of aromatic nitrogens is 3. The molecule has 0 unspecified atom stereocenters. The standard InChI is InChI=1S/C25H20N4O3/c1-32-24-8-3-2-5-18(24)9-10-23(30)19-6-4-7-20(15-19)27-25(31)22-16-21(28-29-22)17-11-13-26-14-12-17/h2-16H,1H3,(H,27,31)(H,28,29)/b10-9+. The van der Waals surface area contributed by atoms with Crippen LogP contribution in [0.3, 0.4) is 0 Å². The molecule has 158 valence electrons. The molecule has 32 heavy (non-hydrogen) atoms. The van der Waals surface area contributed by atoms with Crippen molar-refractivity contribution in [3.63, 3.8) is 0 Å². The first-order valence-electron chi connectivity index (χ1n) is 9.87. The SMILES string of the molecule is COc1ccccc1/C=C/C(=O)c1cccc(NC(=O)c2cc(-c3ccncc3)n[nH]2)c1. The molecule has 0 saturated carbocycles. The van der Waals surface area contributed by atoms with Crippen molar-refractivity contribution in [3.05, 3.63) is 102 Å². The highest BCUT2D eigenvalue weighted by Gasteiger charge is 2.12. The Morgan fingerprint density at radius 1 is 1.00 bits per heavy atom. The van der Waals surface area contributed by atoms with Crippen LogP contribution in [-0.4, -0.2) is 34.0 Å². The lowest BCUT2D eigenvalue weighted by atomic mass is 10.1. The molecule has 0 radical (unpaired) electrons. The van der Waals surface area contributed by atoms with Gasteiger partial charge in [-0.1, -0.05) is 30.3 Å². The van der Waals surface area contributed by atoms with Crippen molar-refractivity contribution in [3.8, 4) is 17.0 Å². The van der Waals surface area contributed by atoms with Gasteiger partial charge in [0.15, 0.2) is 5.78 Å². The molecule has 2 N–H and O–H groups in total. The molecular formula is C25H20N4O3. The lowest BCUT2D eigenvalue weighted by molar-refractivity contribution is 0.101. The van der Waals surface area contributed by atoms with Gasteiger partial charge in [-0.2, -0.15) is 5.10 Å². The Balaban J connectivity index is 1.46. The van der Waals surface area contributed by atoms with E-state index in [1.165, 1.54) is 6.08 Å². The van der Waals surface area contributed by atoms with Gasteiger partial charge in [-0.15, -0.1) is 0 Å². The zero-order chi connectivity index (χ0) is 22.3. The Hall–Kier alpha value is -4.52. The summed E-state index contributed by atoms with van der Waals surface area (Å²) in [5.41, 5.74) is 3.57. The van der Waals surface area contributed by atoms with E-state index in [-0.39, 0.29) is 11.7 Å². The summed E-state index contributed by atoms with van der Waals surface area (Å²) in [5.74, 6) is 0.142. The molecule has 0 aliphatic rings. The largest absolute Gasteiger partial charge is 0.496 e. The van der Waals surface area contributed by atoms with Crippen LogP contribution in [0.1, 0.15) is 26.4 Å². The fraction of sp³-hybridized carbons (Fsp3) is 0.0400. The van der Waals surface area contributed by atoms with Crippen molar-refractivity contribution >= 4 is 23.5 Å². The molecule has 0 aliphatic heterocycles. The maximum atomic E-state index is 12.6. The van der Waals surface area contributed by atoms with Gasteiger partial charge in [0.2, 0.25) is 0 Å². The Labute approximate surface area is 184 Å². The summed E-state index contributed by atoms with van der Waals surface area (Å²) in [7, 11) is 1.58. The number of H-pyrrole nitrogens is 1. The van der Waals surface area contributed by atoms with E-state index in [4.69, 9.17) is 4.74 Å². The molecule has 1 amide bonds. The smallest absolute Gasteiger partial charge is 0.273 e. The molecule has 0 saturated heterocycles. The van der Waals surface area contributed by atoms with Crippen LogP contribution < -0.4 is 10.1 Å². The van der Waals surface area contributed by atoms with Crippen molar-refractivity contribution in [2.75, 3.05) is 12.4 Å². The number of hydrogen-bond donors (Lipinski definition) is 2. The van der Waals surface area contributed by atoms with Crippen LogP contribution >= 0.6 is 0 Å². The number of rotatable bonds is 7. The van der Waals surface area contributed by atoms with Crippen LogP contribution in [-0.2, 0) is 0 Å². The van der Waals surface area contributed by atoms with E-state index in [2.05, 4.69) is 20.5 Å². The molecule has 7 heteroatoms. The third-order valence-corrected chi connectivity index (χ3v) is 4.76. The van der Waals surface area contributed by atoms with E-state index in [1.54, 1.807) is 55.9 Å². The highest BCUT2D eigenvalue weighted by molar-refractivity contribution is 6.08. The number of carbonyl (C=O) groups is 2. The highest BCUT2D eigenvalue weighted by atomic mass is 16.5. The summed E-state index contributed by atoms with van der Waals surface area (Å²) in [6, 6.07) is 19.5. The molecule has 0 spiro atoms. The molecule has 4 aromatic rings. The lowest BCUT2D eigenvalue weighted by Crippen LogP contribution is -2.12. The molecule has 0 bridgehead atoms. The van der Waals surface area contributed by atoms with Crippen LogP contribution in [0.25, 0.3) is 17.3 Å². The number of pyridine rings is 1. The number of benzene rings is 2. The minimum atomic E-state index is -0.355. The zero-order valence-corrected chi connectivity index (χ0v) is 17.3. The Kier molecular flexibility index (Phi) is 6.17. The van der Waals surface area contributed by atoms with Crippen LogP contribution in [0.4, 0.5) is 5.69 Å². The second-order valence-corrected chi connectivity index (χ2v) is 6.88. The summed E-state index contributed by atoms with van der Waals surface area (Å²) in [5, 5.41) is 9.71. The van der Waals surface area contributed by atoms with E-state index < -0.39 is 0 Å². The van der Waals surface area contributed by atoms with Crippen molar-refractivity contribution in [1.29, 1.82) is 0 Å². The second-order valence-electron chi connectivity index (χ2n) is 6.88. The average molecular weight is 424 g/mol. The van der Waals surface area contributed by atoms with E-state index >= 15 is 0 Å². The van der Waals surface area contributed by atoms with Gasteiger partial charge in [-0.05, 0) is 48.6 Å². The summed E-state index contributed by atoms with van der Waals surface area (Å²) in [4.78, 5) is 29.2. The minimum Gasteiger partial charge on any atom is -0.496 e. The van der Waals surface area contributed by atoms with Crippen molar-refractivity contribution in [1.82, 2.24) is 15.2 Å². The van der Waals surface area contributed by atoms with Gasteiger partial charge in [0.25, 0.3) is 5.91 Å². The lowest BCUT2D eigenvalue weighted by Gasteiger charge is -2.05. The van der Waals surface area contributed by atoms with Crippen molar-refractivity contribution in [2.24, 2.45) is 0 Å². The minimum absolute atomic E-state index is 0.187. The number of carbonyl (C=O) groups excluding carboxylic acids is 2. The summed E-state index contributed by atoms with van der Waals surface area (Å²) < 4.78 is 5.30. The monoisotopic (exact) mass is 424 g/mol. The van der Waals surface area contributed by atoms with E-state index in [9.17, 15) is 9.59 Å². The van der Waals surface area contributed by atoms with Gasteiger partial charge in [0.05, 0.1) is 12.8 Å². The number of nitrogens with one attached hydrogen (secondary N) is 2. The number of methoxy groups -OCH3 is 1. The molecule has 2 aromatic heterocycles. The first-order chi connectivity index (χ1) is 15.6. The van der Waals surface area contributed by atoms with Crippen molar-refractivity contribution < 1.29 is 14.3 Å². The van der Waals surface area contributed by atoms with Crippen LogP contribution in [0.15, 0.2) is 85.2 Å². The van der Waals surface area contributed by atoms with Gasteiger partial charge in [-0.3, -0.25) is 19.7 Å². The average Bonchev–Trinajstić information content (AvgIpc) is 3.34. The molecule has 7 nitrogen and oxygen atoms in total. The van der Waals surface area contributed by atoms with Crippen LogP contribution in [0.2, 0.25) is 0 Å². The molecule has 4 rings (SSSR count). The molecular weight excluding hydrogens is 404 g/mol. The molecule has 0 atom stereocenters. The third-order valence-electron chi connectivity index (χ3n) is 4.76. The predicted molar refractivity (Wildman–Crippen MR) is 123 cm³/mol. The summed E-state index contributed by atoms with van der Waals surface area (Å²) >= 11 is 0. The van der Waals surface area contributed by atoms with Gasteiger partial charge in [0.1, 0.15) is 11.4 Å². The maximum absolute atomic E-state index is 12.6. The van der Waals surface area contributed by atoms with Gasteiger partial charge in [0, 0.05) is 34.8 Å². The quantitative estimate of drug-likeness (QED) is 0.333. The number of hydrogen-bond acceptors (Lipinski definition) is 5. The summed E-state index contributed by atoms with van der Waals surface area (Å²) in [6.07, 6.45) is 6.51. The van der Waals surface area contributed by atoms with E-state index in [0.717, 1.165) is 11.1 Å². The maximum Gasteiger partial charge on any atom is 0.273 e. The highest BCUT2D eigenvalue weighted by Crippen LogP contribution is 2.20. The summed E-state index contributed by atoms with van der Waals surface area (Å²) in [6.45, 7) is 0. The number of aromatic amines is 1. The fourth-order valence-electron chi connectivity index (χ4n) is 3.12. The van der Waals surface area contributed by atoms with Gasteiger partial charge in [-0.25, -0.2) is 0 Å². The first-order valence-corrected chi connectivity index (χ1v) is 9.87. The fourth-order valence-corrected chi connectivity index (χ4v) is 3.12. The molecule has 0 aliphatic carbocycles. The van der Waals surface area contributed by atoms with Crippen LogP contribution in [0.5, 0.6) is 5.75 Å². The zero-order valence-electron chi connectivity index (χ0n) is 17.3. The normalized spacial score (nSPS) is 10.8. The second kappa shape index (κ2) is 9.53. The molecule has 2 aromatic carbocycles. The van der Waals surface area contributed by atoms with E-state index in [1.807, 2.05) is 36.4 Å². The first kappa shape index (κ1) is 20.7. The Morgan fingerprint density at radius 2 is 1.81 bits per heavy atom. The van der Waals surface area contributed by atoms with Crippen LogP contribution in [0, 0.1) is 0 Å². The van der Waals surface area contributed by atoms with Gasteiger partial charge < -0.3 is 10.1 Å². The number of allylic oxidation sites excluding steroid dienone is 1. The number of anilines is 1. The van der Waals surface area contributed by atoms with Gasteiger partial charge >= 0.3 is 0 Å². The number of ether oxygens (including phenoxy) is 1. The predicted octanol–water partition coefficient (Wildman–Crippen LogP) is 4.63. The third kappa shape index (κ3) is 4.79. The number of para-hydroxylation sites is 1. The Morgan fingerprint density at radius 3 is 2.62 bits per heavy atom.